The van der Waals surface area contributed by atoms with Gasteiger partial charge < -0.3 is 4.90 Å². The number of halogens is 1. The summed E-state index contributed by atoms with van der Waals surface area (Å²) >= 11 is 0. The molecule has 0 bridgehead atoms. The van der Waals surface area contributed by atoms with E-state index in [2.05, 4.69) is 6.58 Å². The highest BCUT2D eigenvalue weighted by molar-refractivity contribution is 5.95. The van der Waals surface area contributed by atoms with E-state index < -0.39 is 5.82 Å². The molecular weight excluding hydrogens is 217 g/mol. The molecule has 0 N–H and O–H groups in total. The Kier molecular flexibility index (Phi) is 3.27. The number of benzene rings is 1. The van der Waals surface area contributed by atoms with Gasteiger partial charge in [-0.3, -0.25) is 4.79 Å². The van der Waals surface area contributed by atoms with Crippen molar-refractivity contribution >= 4 is 12.0 Å². The lowest BCUT2D eigenvalue weighted by molar-refractivity contribution is 0.0788. The fourth-order valence-corrected chi connectivity index (χ4v) is 2.16. The van der Waals surface area contributed by atoms with Crippen molar-refractivity contribution in [1.82, 2.24) is 4.90 Å². The second-order valence-electron chi connectivity index (χ2n) is 4.39. The van der Waals surface area contributed by atoms with Crippen LogP contribution in [0.5, 0.6) is 0 Å². The van der Waals surface area contributed by atoms with Crippen LogP contribution in [0, 0.1) is 12.7 Å². The molecule has 1 heterocycles. The lowest BCUT2D eigenvalue weighted by atomic mass is 10.0. The van der Waals surface area contributed by atoms with Gasteiger partial charge in [0, 0.05) is 13.1 Å². The van der Waals surface area contributed by atoms with Crippen LogP contribution in [0.4, 0.5) is 4.39 Å². The van der Waals surface area contributed by atoms with Crippen molar-refractivity contribution in [2.75, 3.05) is 13.1 Å². The maximum Gasteiger partial charge on any atom is 0.256 e. The van der Waals surface area contributed by atoms with Crippen molar-refractivity contribution in [3.05, 3.63) is 41.2 Å². The first-order valence-electron chi connectivity index (χ1n) is 5.85. The van der Waals surface area contributed by atoms with Crippen molar-refractivity contribution in [3.63, 3.8) is 0 Å². The molecule has 0 spiro atoms. The van der Waals surface area contributed by atoms with E-state index in [0.29, 0.717) is 0 Å². The number of likely N-dealkylation sites (tertiary alicyclic amines) is 1. The van der Waals surface area contributed by atoms with Crippen LogP contribution in [0.15, 0.2) is 18.7 Å². The number of amides is 1. The van der Waals surface area contributed by atoms with E-state index in [1.807, 2.05) is 6.92 Å². The summed E-state index contributed by atoms with van der Waals surface area (Å²) in [6, 6.07) is 3.00. The van der Waals surface area contributed by atoms with E-state index in [4.69, 9.17) is 0 Å². The largest absolute Gasteiger partial charge is 0.339 e. The highest BCUT2D eigenvalue weighted by Crippen LogP contribution is 2.20. The molecule has 0 atom stereocenters. The number of carbonyl (C=O) groups excluding carboxylic acids is 1. The molecule has 0 aromatic heterocycles. The predicted molar refractivity (Wildman–Crippen MR) is 66.4 cm³/mol. The second-order valence-corrected chi connectivity index (χ2v) is 4.39. The molecule has 1 fully saturated rings. The smallest absolute Gasteiger partial charge is 0.256 e. The molecule has 1 aliphatic rings. The zero-order valence-corrected chi connectivity index (χ0v) is 10.0. The standard InChI is InChI=1S/C14H16FNO/c1-3-11-9-12(13(15)8-10(11)2)14(17)16-6-4-5-7-16/h3,8-9H,1,4-7H2,2H3. The number of hydrogen-bond donors (Lipinski definition) is 0. The van der Waals surface area contributed by atoms with Gasteiger partial charge in [0.2, 0.25) is 0 Å². The SMILES string of the molecule is C=Cc1cc(C(=O)N2CCCC2)c(F)cc1C. The first kappa shape index (κ1) is 11.8. The average Bonchev–Trinajstić information content (AvgIpc) is 2.82. The first-order valence-corrected chi connectivity index (χ1v) is 5.85. The summed E-state index contributed by atoms with van der Waals surface area (Å²) in [5.41, 5.74) is 1.77. The Bertz CT molecular complexity index is 462. The van der Waals surface area contributed by atoms with Crippen molar-refractivity contribution in [2.45, 2.75) is 19.8 Å². The molecule has 3 heteroatoms. The lowest BCUT2D eigenvalue weighted by Gasteiger charge is -2.16. The van der Waals surface area contributed by atoms with Gasteiger partial charge >= 0.3 is 0 Å². The maximum absolute atomic E-state index is 13.8. The van der Waals surface area contributed by atoms with Crippen LogP contribution in [0.25, 0.3) is 6.08 Å². The van der Waals surface area contributed by atoms with E-state index >= 15 is 0 Å². The number of hydrogen-bond acceptors (Lipinski definition) is 1. The fourth-order valence-electron chi connectivity index (χ4n) is 2.16. The van der Waals surface area contributed by atoms with Gasteiger partial charge in [-0.2, -0.15) is 0 Å². The molecule has 2 rings (SSSR count). The zero-order chi connectivity index (χ0) is 12.4. The van der Waals surface area contributed by atoms with Crippen LogP contribution in [0.1, 0.15) is 34.3 Å². The molecule has 1 aliphatic heterocycles. The number of nitrogens with zero attached hydrogens (tertiary/aromatic N) is 1. The Morgan fingerprint density at radius 2 is 2.06 bits per heavy atom. The molecule has 0 unspecified atom stereocenters. The van der Waals surface area contributed by atoms with Crippen LogP contribution in [-0.2, 0) is 0 Å². The van der Waals surface area contributed by atoms with Gasteiger partial charge in [-0.25, -0.2) is 4.39 Å². The summed E-state index contributed by atoms with van der Waals surface area (Å²) < 4.78 is 13.8. The third kappa shape index (κ3) is 2.23. The van der Waals surface area contributed by atoms with Crippen molar-refractivity contribution < 1.29 is 9.18 Å². The van der Waals surface area contributed by atoms with Crippen molar-refractivity contribution in [3.8, 4) is 0 Å². The fraction of sp³-hybridized carbons (Fsp3) is 0.357. The molecular formula is C14H16FNO. The van der Waals surface area contributed by atoms with Crippen LogP contribution in [0.3, 0.4) is 0 Å². The summed E-state index contributed by atoms with van der Waals surface area (Å²) in [7, 11) is 0. The summed E-state index contributed by atoms with van der Waals surface area (Å²) in [6.45, 7) is 6.95. The van der Waals surface area contributed by atoms with Gasteiger partial charge in [-0.1, -0.05) is 12.7 Å². The van der Waals surface area contributed by atoms with E-state index in [1.165, 1.54) is 6.07 Å². The third-order valence-corrected chi connectivity index (χ3v) is 3.20. The number of carbonyl (C=O) groups is 1. The molecule has 17 heavy (non-hydrogen) atoms. The van der Waals surface area contributed by atoms with E-state index in [0.717, 1.165) is 37.1 Å². The topological polar surface area (TPSA) is 20.3 Å². The van der Waals surface area contributed by atoms with Gasteiger partial charge in [0.25, 0.3) is 5.91 Å². The highest BCUT2D eigenvalue weighted by atomic mass is 19.1. The predicted octanol–water partition coefficient (Wildman–Crippen LogP) is 3.01. The zero-order valence-electron chi connectivity index (χ0n) is 10.0. The summed E-state index contributed by atoms with van der Waals surface area (Å²) in [5, 5.41) is 0. The quantitative estimate of drug-likeness (QED) is 0.769. The van der Waals surface area contributed by atoms with Gasteiger partial charge in [0.1, 0.15) is 5.82 Å². The Morgan fingerprint density at radius 3 is 2.65 bits per heavy atom. The molecule has 0 radical (unpaired) electrons. The molecule has 90 valence electrons. The molecule has 1 amide bonds. The maximum atomic E-state index is 13.8. The highest BCUT2D eigenvalue weighted by Gasteiger charge is 2.22. The minimum atomic E-state index is -0.440. The van der Waals surface area contributed by atoms with E-state index in [9.17, 15) is 9.18 Å². The first-order chi connectivity index (χ1) is 8.13. The molecule has 1 aromatic carbocycles. The third-order valence-electron chi connectivity index (χ3n) is 3.20. The Morgan fingerprint density at radius 1 is 1.41 bits per heavy atom. The van der Waals surface area contributed by atoms with Crippen LogP contribution >= 0.6 is 0 Å². The summed E-state index contributed by atoms with van der Waals surface area (Å²) in [4.78, 5) is 13.8. The summed E-state index contributed by atoms with van der Waals surface area (Å²) in [6.07, 6.45) is 3.66. The van der Waals surface area contributed by atoms with Gasteiger partial charge in [0.15, 0.2) is 0 Å². The van der Waals surface area contributed by atoms with Crippen LogP contribution in [0.2, 0.25) is 0 Å². The average molecular weight is 233 g/mol. The minimum Gasteiger partial charge on any atom is -0.339 e. The normalized spacial score (nSPS) is 15.1. The lowest BCUT2D eigenvalue weighted by Crippen LogP contribution is -2.28. The Labute approximate surface area is 101 Å². The monoisotopic (exact) mass is 233 g/mol. The molecule has 0 saturated carbocycles. The van der Waals surface area contributed by atoms with Gasteiger partial charge in [0.05, 0.1) is 5.56 Å². The second kappa shape index (κ2) is 4.70. The molecule has 0 aliphatic carbocycles. The van der Waals surface area contributed by atoms with E-state index in [1.54, 1.807) is 17.0 Å². The van der Waals surface area contributed by atoms with Crippen LogP contribution in [-0.4, -0.2) is 23.9 Å². The number of rotatable bonds is 2. The van der Waals surface area contributed by atoms with Crippen molar-refractivity contribution in [1.29, 1.82) is 0 Å². The van der Waals surface area contributed by atoms with Crippen LogP contribution < -0.4 is 0 Å². The Balaban J connectivity index is 2.37. The molecule has 1 aromatic rings. The number of aryl methyl sites for hydroxylation is 1. The van der Waals surface area contributed by atoms with Crippen molar-refractivity contribution in [2.24, 2.45) is 0 Å². The molecule has 1 saturated heterocycles. The Hall–Kier alpha value is -1.64. The van der Waals surface area contributed by atoms with E-state index in [-0.39, 0.29) is 11.5 Å². The minimum absolute atomic E-state index is 0.160. The summed E-state index contributed by atoms with van der Waals surface area (Å²) in [5.74, 6) is -0.645. The van der Waals surface area contributed by atoms with Gasteiger partial charge in [-0.15, -0.1) is 0 Å². The van der Waals surface area contributed by atoms with Gasteiger partial charge in [-0.05, 0) is 43.0 Å². The molecule has 2 nitrogen and oxygen atoms in total.